The Morgan fingerprint density at radius 2 is 1.83 bits per heavy atom. The van der Waals surface area contributed by atoms with Gasteiger partial charge in [-0.3, -0.25) is 14.5 Å². The summed E-state index contributed by atoms with van der Waals surface area (Å²) in [7, 11) is 2.90. The second kappa shape index (κ2) is 9.25. The molecule has 3 aromatic carbocycles. The maximum atomic E-state index is 13.8. The number of nitrogens with zero attached hydrogens (tertiary/aromatic N) is 2. The van der Waals surface area contributed by atoms with Gasteiger partial charge in [-0.05, 0) is 48.5 Å². The van der Waals surface area contributed by atoms with E-state index < -0.39 is 23.5 Å². The minimum Gasteiger partial charge on any atom is -0.507 e. The number of ether oxygens (including phenoxy) is 2. The third-order valence-electron chi connectivity index (χ3n) is 5.84. The third-order valence-corrected chi connectivity index (χ3v) is 7.10. The van der Waals surface area contributed by atoms with Crippen LogP contribution in [0.2, 0.25) is 5.02 Å². The van der Waals surface area contributed by atoms with Gasteiger partial charge in [-0.1, -0.05) is 35.1 Å². The first-order valence-electron chi connectivity index (χ1n) is 10.7. The average Bonchev–Trinajstić information content (AvgIpc) is 3.40. The van der Waals surface area contributed by atoms with Gasteiger partial charge in [-0.2, -0.15) is 0 Å². The molecule has 1 N–H and O–H groups in total. The van der Waals surface area contributed by atoms with Crippen LogP contribution in [0.4, 0.5) is 9.52 Å². The molecule has 10 heteroatoms. The van der Waals surface area contributed by atoms with E-state index in [1.165, 1.54) is 37.3 Å². The largest absolute Gasteiger partial charge is 0.507 e. The molecule has 0 saturated carbocycles. The standard InChI is InChI=1S/C26H18ClFN2O5S/c1-34-18-5-3-4-16(24(18)35-2)21-20(22(31)13-6-8-14(27)9-7-13)23(32)25(33)30(21)26-29-17-11-10-15(28)12-19(17)36-26/h3-12,21,31H,1-2H3/b22-20+/t21-/m0/s1. The molecule has 182 valence electrons. The number of rotatable bonds is 5. The monoisotopic (exact) mass is 524 g/mol. The first-order chi connectivity index (χ1) is 17.3. The lowest BCUT2D eigenvalue weighted by molar-refractivity contribution is -0.132. The van der Waals surface area contributed by atoms with Gasteiger partial charge < -0.3 is 14.6 Å². The molecule has 0 radical (unpaired) electrons. The molecule has 4 aromatic rings. The zero-order valence-corrected chi connectivity index (χ0v) is 20.6. The van der Waals surface area contributed by atoms with Crippen molar-refractivity contribution in [2.75, 3.05) is 19.1 Å². The number of para-hydroxylation sites is 1. The number of benzene rings is 3. The molecule has 1 atom stereocenters. The van der Waals surface area contributed by atoms with E-state index >= 15 is 0 Å². The molecule has 1 aliphatic heterocycles. The minimum absolute atomic E-state index is 0.153. The van der Waals surface area contributed by atoms with Crippen LogP contribution in [-0.4, -0.2) is 36.0 Å². The molecule has 1 fully saturated rings. The summed E-state index contributed by atoms with van der Waals surface area (Å²) in [5.41, 5.74) is 1.01. The van der Waals surface area contributed by atoms with Crippen molar-refractivity contribution in [1.29, 1.82) is 0 Å². The lowest BCUT2D eigenvalue weighted by Crippen LogP contribution is -2.29. The van der Waals surface area contributed by atoms with E-state index in [1.54, 1.807) is 42.5 Å². The molecule has 0 unspecified atom stereocenters. The van der Waals surface area contributed by atoms with E-state index in [2.05, 4.69) is 4.98 Å². The van der Waals surface area contributed by atoms with Crippen molar-refractivity contribution in [3.8, 4) is 11.5 Å². The fourth-order valence-electron chi connectivity index (χ4n) is 4.20. The van der Waals surface area contributed by atoms with E-state index in [9.17, 15) is 19.1 Å². The molecule has 5 rings (SSSR count). The van der Waals surface area contributed by atoms with Crippen LogP contribution in [0.5, 0.6) is 11.5 Å². The number of aliphatic hydroxyl groups excluding tert-OH is 1. The molecule has 1 saturated heterocycles. The van der Waals surface area contributed by atoms with Crippen LogP contribution in [-0.2, 0) is 9.59 Å². The highest BCUT2D eigenvalue weighted by Gasteiger charge is 2.49. The third kappa shape index (κ3) is 3.86. The molecule has 0 aliphatic carbocycles. The molecular formula is C26H18ClFN2O5S. The van der Waals surface area contributed by atoms with Crippen molar-refractivity contribution >= 4 is 55.7 Å². The first-order valence-corrected chi connectivity index (χ1v) is 11.9. The number of hydrogen-bond donors (Lipinski definition) is 1. The van der Waals surface area contributed by atoms with Crippen LogP contribution in [0.1, 0.15) is 17.2 Å². The highest BCUT2D eigenvalue weighted by atomic mass is 35.5. The summed E-state index contributed by atoms with van der Waals surface area (Å²) in [4.78, 5) is 32.5. The Balaban J connectivity index is 1.79. The van der Waals surface area contributed by atoms with Gasteiger partial charge in [-0.25, -0.2) is 9.37 Å². The predicted octanol–water partition coefficient (Wildman–Crippen LogP) is 5.73. The number of ketones is 1. The van der Waals surface area contributed by atoms with E-state index in [0.29, 0.717) is 32.1 Å². The van der Waals surface area contributed by atoms with Gasteiger partial charge in [0.25, 0.3) is 5.78 Å². The lowest BCUT2D eigenvalue weighted by atomic mass is 9.94. The number of methoxy groups -OCH3 is 2. The van der Waals surface area contributed by atoms with Crippen LogP contribution in [0.3, 0.4) is 0 Å². The van der Waals surface area contributed by atoms with Crippen LogP contribution in [0.25, 0.3) is 16.0 Å². The number of amides is 1. The molecule has 1 amide bonds. The number of thiazole rings is 1. The molecule has 36 heavy (non-hydrogen) atoms. The lowest BCUT2D eigenvalue weighted by Gasteiger charge is -2.25. The molecule has 2 heterocycles. The number of halogens is 2. The molecule has 7 nitrogen and oxygen atoms in total. The normalized spacial score (nSPS) is 17.1. The Morgan fingerprint density at radius 3 is 2.53 bits per heavy atom. The van der Waals surface area contributed by atoms with Gasteiger partial charge in [-0.15, -0.1) is 0 Å². The van der Waals surface area contributed by atoms with Crippen molar-refractivity contribution < 1.29 is 28.6 Å². The van der Waals surface area contributed by atoms with Crippen molar-refractivity contribution in [3.05, 3.63) is 88.2 Å². The van der Waals surface area contributed by atoms with Gasteiger partial charge in [0.1, 0.15) is 17.6 Å². The highest BCUT2D eigenvalue weighted by molar-refractivity contribution is 7.22. The Bertz CT molecular complexity index is 1550. The maximum Gasteiger partial charge on any atom is 0.301 e. The topological polar surface area (TPSA) is 89.0 Å². The Kier molecular flexibility index (Phi) is 6.11. The van der Waals surface area contributed by atoms with Gasteiger partial charge in [0.05, 0.1) is 30.0 Å². The number of anilines is 1. The van der Waals surface area contributed by atoms with E-state index in [-0.39, 0.29) is 22.2 Å². The number of Topliss-reactive ketones (excluding diaryl/α,β-unsaturated/α-hetero) is 1. The Labute approximate surface area is 214 Å². The summed E-state index contributed by atoms with van der Waals surface area (Å²) in [6, 6.07) is 14.2. The second-order valence-electron chi connectivity index (χ2n) is 7.87. The minimum atomic E-state index is -1.10. The summed E-state index contributed by atoms with van der Waals surface area (Å²) in [6.07, 6.45) is 0. The number of aliphatic hydroxyl groups is 1. The smallest absolute Gasteiger partial charge is 0.301 e. The van der Waals surface area contributed by atoms with E-state index in [4.69, 9.17) is 21.1 Å². The summed E-state index contributed by atoms with van der Waals surface area (Å²) in [5, 5.41) is 11.9. The number of fused-ring (bicyclic) bond motifs is 1. The van der Waals surface area contributed by atoms with Crippen molar-refractivity contribution in [2.24, 2.45) is 0 Å². The van der Waals surface area contributed by atoms with Crippen LogP contribution < -0.4 is 14.4 Å². The molecule has 1 aliphatic rings. The summed E-state index contributed by atoms with van der Waals surface area (Å²) in [6.45, 7) is 0. The number of carbonyl (C=O) groups is 2. The number of carbonyl (C=O) groups excluding carboxylic acids is 2. The quantitative estimate of drug-likeness (QED) is 0.204. The first kappa shape index (κ1) is 23.8. The SMILES string of the molecule is COc1cccc([C@H]2/C(=C(\O)c3ccc(Cl)cc3)C(=O)C(=O)N2c2nc3ccc(F)cc3s2)c1OC. The van der Waals surface area contributed by atoms with Crippen molar-refractivity contribution in [1.82, 2.24) is 4.98 Å². The maximum absolute atomic E-state index is 13.8. The van der Waals surface area contributed by atoms with Gasteiger partial charge in [0.15, 0.2) is 16.6 Å². The fraction of sp³-hybridized carbons (Fsp3) is 0.115. The summed E-state index contributed by atoms with van der Waals surface area (Å²) >= 11 is 7.04. The van der Waals surface area contributed by atoms with Gasteiger partial charge in [0.2, 0.25) is 0 Å². The zero-order chi connectivity index (χ0) is 25.6. The summed E-state index contributed by atoms with van der Waals surface area (Å²) < 4.78 is 25.4. The van der Waals surface area contributed by atoms with E-state index in [1.807, 2.05) is 0 Å². The number of hydrogen-bond acceptors (Lipinski definition) is 7. The Hall–Kier alpha value is -3.95. The van der Waals surface area contributed by atoms with E-state index in [0.717, 1.165) is 11.3 Å². The molecular weight excluding hydrogens is 507 g/mol. The van der Waals surface area contributed by atoms with Crippen LogP contribution in [0, 0.1) is 5.82 Å². The molecule has 0 spiro atoms. The zero-order valence-electron chi connectivity index (χ0n) is 19.0. The second-order valence-corrected chi connectivity index (χ2v) is 9.31. The molecule has 0 bridgehead atoms. The van der Waals surface area contributed by atoms with Crippen LogP contribution >= 0.6 is 22.9 Å². The van der Waals surface area contributed by atoms with Gasteiger partial charge in [0, 0.05) is 16.1 Å². The fourth-order valence-corrected chi connectivity index (χ4v) is 5.35. The molecule has 1 aromatic heterocycles. The predicted molar refractivity (Wildman–Crippen MR) is 135 cm³/mol. The number of aromatic nitrogens is 1. The highest BCUT2D eigenvalue weighted by Crippen LogP contribution is 2.48. The van der Waals surface area contributed by atoms with Crippen LogP contribution in [0.15, 0.2) is 66.2 Å². The summed E-state index contributed by atoms with van der Waals surface area (Å²) in [5.74, 6) is -1.96. The van der Waals surface area contributed by atoms with Gasteiger partial charge >= 0.3 is 5.91 Å². The average molecular weight is 525 g/mol. The van der Waals surface area contributed by atoms with Crippen molar-refractivity contribution in [3.63, 3.8) is 0 Å². The van der Waals surface area contributed by atoms with Crippen molar-refractivity contribution in [2.45, 2.75) is 6.04 Å². The Morgan fingerprint density at radius 1 is 1.08 bits per heavy atom.